The van der Waals surface area contributed by atoms with E-state index in [1.165, 1.54) is 12.1 Å². The molecule has 152 valence electrons. The Labute approximate surface area is 177 Å². The van der Waals surface area contributed by atoms with Gasteiger partial charge in [0.15, 0.2) is 0 Å². The van der Waals surface area contributed by atoms with E-state index in [9.17, 15) is 19.7 Å². The van der Waals surface area contributed by atoms with Gasteiger partial charge in [-0.3, -0.25) is 19.7 Å². The summed E-state index contributed by atoms with van der Waals surface area (Å²) in [6.45, 7) is 2.30. The maximum absolute atomic E-state index is 12.7. The summed E-state index contributed by atoms with van der Waals surface area (Å²) in [6.07, 6.45) is 0. The molecule has 0 bridgehead atoms. The molecule has 0 aliphatic carbocycles. The second kappa shape index (κ2) is 9.19. The van der Waals surface area contributed by atoms with Crippen LogP contribution in [0.1, 0.15) is 31.8 Å². The highest BCUT2D eigenvalue weighted by molar-refractivity contribution is 6.31. The molecule has 0 aromatic heterocycles. The summed E-state index contributed by atoms with van der Waals surface area (Å²) in [5.41, 5.74) is 1.98. The topological polar surface area (TPSA) is 101 Å². The second-order valence-electron chi connectivity index (χ2n) is 6.59. The molecule has 0 fully saturated rings. The van der Waals surface area contributed by atoms with Gasteiger partial charge < -0.3 is 10.6 Å². The summed E-state index contributed by atoms with van der Waals surface area (Å²) >= 11 is 5.80. The fourth-order valence-corrected chi connectivity index (χ4v) is 2.98. The zero-order valence-corrected chi connectivity index (χ0v) is 16.8. The molecule has 3 rings (SSSR count). The first kappa shape index (κ1) is 21.0. The van der Waals surface area contributed by atoms with E-state index in [1.807, 2.05) is 31.2 Å². The highest BCUT2D eigenvalue weighted by Crippen LogP contribution is 2.25. The number of benzene rings is 3. The van der Waals surface area contributed by atoms with Gasteiger partial charge in [-0.25, -0.2) is 0 Å². The van der Waals surface area contributed by atoms with Crippen molar-refractivity contribution in [2.75, 3.05) is 5.32 Å². The van der Waals surface area contributed by atoms with Crippen LogP contribution in [0.4, 0.5) is 11.4 Å². The van der Waals surface area contributed by atoms with Gasteiger partial charge in [-0.2, -0.15) is 0 Å². The molecule has 3 aromatic carbocycles. The van der Waals surface area contributed by atoms with Crippen LogP contribution >= 0.6 is 11.6 Å². The van der Waals surface area contributed by atoms with Gasteiger partial charge in [-0.15, -0.1) is 0 Å². The number of carbonyl (C=O) groups excluding carboxylic acids is 2. The molecule has 2 N–H and O–H groups in total. The van der Waals surface area contributed by atoms with Crippen LogP contribution in [0.15, 0.2) is 66.7 Å². The first-order valence-corrected chi connectivity index (χ1v) is 9.41. The van der Waals surface area contributed by atoms with Crippen molar-refractivity contribution >= 4 is 34.8 Å². The number of nitro benzene ring substituents is 1. The number of nitrogens with one attached hydrogen (secondary N) is 2. The van der Waals surface area contributed by atoms with Crippen molar-refractivity contribution in [3.63, 3.8) is 0 Å². The number of nitro groups is 1. The fourth-order valence-electron chi connectivity index (χ4n) is 2.81. The zero-order valence-electron chi connectivity index (χ0n) is 16.0. The molecule has 0 aliphatic heterocycles. The third-order valence-corrected chi connectivity index (χ3v) is 4.63. The molecule has 0 heterocycles. The number of carbonyl (C=O) groups is 2. The summed E-state index contributed by atoms with van der Waals surface area (Å²) in [7, 11) is 0. The number of amides is 2. The minimum absolute atomic E-state index is 0.147. The second-order valence-corrected chi connectivity index (χ2v) is 7.02. The van der Waals surface area contributed by atoms with E-state index in [0.717, 1.165) is 17.2 Å². The average molecular weight is 424 g/mol. The lowest BCUT2D eigenvalue weighted by molar-refractivity contribution is -0.385. The third-order valence-electron chi connectivity index (χ3n) is 4.39. The Morgan fingerprint density at radius 2 is 1.67 bits per heavy atom. The molecular formula is C22H18ClN3O4. The lowest BCUT2D eigenvalue weighted by atomic mass is 10.1. The number of hydrogen-bond acceptors (Lipinski definition) is 4. The first-order valence-electron chi connectivity index (χ1n) is 9.03. The van der Waals surface area contributed by atoms with E-state index in [1.54, 1.807) is 24.3 Å². The molecule has 0 saturated carbocycles. The van der Waals surface area contributed by atoms with Gasteiger partial charge in [0.1, 0.15) is 5.56 Å². The molecule has 0 unspecified atom stereocenters. The smallest absolute Gasteiger partial charge is 0.283 e. The highest BCUT2D eigenvalue weighted by atomic mass is 35.5. The maximum atomic E-state index is 12.7. The van der Waals surface area contributed by atoms with Gasteiger partial charge >= 0.3 is 0 Å². The largest absolute Gasteiger partial charge is 0.348 e. The van der Waals surface area contributed by atoms with Crippen LogP contribution in [0.25, 0.3) is 0 Å². The van der Waals surface area contributed by atoms with Crippen LogP contribution in [0, 0.1) is 17.0 Å². The Kier molecular flexibility index (Phi) is 6.44. The van der Waals surface area contributed by atoms with Crippen LogP contribution in [0.5, 0.6) is 0 Å². The Morgan fingerprint density at radius 3 is 2.37 bits per heavy atom. The molecule has 2 amide bonds. The van der Waals surface area contributed by atoms with Gasteiger partial charge in [0.25, 0.3) is 17.5 Å². The van der Waals surface area contributed by atoms with Crippen molar-refractivity contribution < 1.29 is 14.5 Å². The summed E-state index contributed by atoms with van der Waals surface area (Å²) in [4.78, 5) is 35.9. The predicted molar refractivity (Wildman–Crippen MR) is 115 cm³/mol. The van der Waals surface area contributed by atoms with Crippen LogP contribution in [-0.4, -0.2) is 16.7 Å². The minimum atomic E-state index is -0.711. The number of anilines is 1. The maximum Gasteiger partial charge on any atom is 0.283 e. The Morgan fingerprint density at radius 1 is 0.967 bits per heavy atom. The molecule has 8 heteroatoms. The molecule has 7 nitrogen and oxygen atoms in total. The van der Waals surface area contributed by atoms with Crippen LogP contribution < -0.4 is 10.6 Å². The van der Waals surface area contributed by atoms with Crippen molar-refractivity contribution in [1.82, 2.24) is 5.32 Å². The Balaban J connectivity index is 1.78. The zero-order chi connectivity index (χ0) is 21.7. The normalized spacial score (nSPS) is 10.3. The molecule has 30 heavy (non-hydrogen) atoms. The monoisotopic (exact) mass is 423 g/mol. The van der Waals surface area contributed by atoms with E-state index in [0.29, 0.717) is 6.54 Å². The number of rotatable bonds is 6. The molecule has 0 saturated heterocycles. The van der Waals surface area contributed by atoms with E-state index in [4.69, 9.17) is 11.6 Å². The molecule has 3 aromatic rings. The number of para-hydroxylation sites is 1. The van der Waals surface area contributed by atoms with Gasteiger partial charge in [0, 0.05) is 17.6 Å². The SMILES string of the molecule is Cc1ccc(CNC(=O)c2ccccc2NC(=O)c2ccc(Cl)cc2[N+](=O)[O-])cc1. The molecule has 0 radical (unpaired) electrons. The standard InChI is InChI=1S/C22H18ClN3O4/c1-14-6-8-15(9-7-14)13-24-21(27)17-4-2-3-5-19(17)25-22(28)18-11-10-16(23)12-20(18)26(29)30/h2-12H,13H2,1H3,(H,24,27)(H,25,28). The first-order chi connectivity index (χ1) is 14.3. The lowest BCUT2D eigenvalue weighted by Gasteiger charge is -2.12. The highest BCUT2D eigenvalue weighted by Gasteiger charge is 2.22. The van der Waals surface area contributed by atoms with Gasteiger partial charge in [-0.1, -0.05) is 53.6 Å². The Hall–Kier alpha value is -3.71. The summed E-state index contributed by atoms with van der Waals surface area (Å²) in [5, 5.41) is 16.8. The van der Waals surface area contributed by atoms with Crippen LogP contribution in [0.3, 0.4) is 0 Å². The summed E-state index contributed by atoms with van der Waals surface area (Å²) in [5.74, 6) is -1.09. The molecule has 0 aliphatic rings. The van der Waals surface area contributed by atoms with E-state index in [-0.39, 0.29) is 27.7 Å². The fraction of sp³-hybridized carbons (Fsp3) is 0.0909. The predicted octanol–water partition coefficient (Wildman–Crippen LogP) is 4.74. The number of hydrogen-bond donors (Lipinski definition) is 2. The van der Waals surface area contributed by atoms with Gasteiger partial charge in [-0.05, 0) is 36.8 Å². The van der Waals surface area contributed by atoms with Crippen molar-refractivity contribution in [1.29, 1.82) is 0 Å². The molecule has 0 spiro atoms. The quantitative estimate of drug-likeness (QED) is 0.441. The van der Waals surface area contributed by atoms with Crippen molar-refractivity contribution in [3.05, 3.63) is 104 Å². The van der Waals surface area contributed by atoms with E-state index in [2.05, 4.69) is 10.6 Å². The van der Waals surface area contributed by atoms with Crippen molar-refractivity contribution in [2.24, 2.45) is 0 Å². The van der Waals surface area contributed by atoms with E-state index < -0.39 is 16.5 Å². The van der Waals surface area contributed by atoms with Crippen molar-refractivity contribution in [2.45, 2.75) is 13.5 Å². The lowest BCUT2D eigenvalue weighted by Crippen LogP contribution is -2.25. The van der Waals surface area contributed by atoms with Crippen LogP contribution in [0.2, 0.25) is 5.02 Å². The minimum Gasteiger partial charge on any atom is -0.348 e. The number of aryl methyl sites for hydroxylation is 1. The van der Waals surface area contributed by atoms with Crippen LogP contribution in [-0.2, 0) is 6.54 Å². The number of nitrogens with zero attached hydrogens (tertiary/aromatic N) is 1. The van der Waals surface area contributed by atoms with Crippen molar-refractivity contribution in [3.8, 4) is 0 Å². The summed E-state index contributed by atoms with van der Waals surface area (Å²) < 4.78 is 0. The Bertz CT molecular complexity index is 1110. The summed E-state index contributed by atoms with van der Waals surface area (Å²) in [6, 6.07) is 18.0. The molecule has 0 atom stereocenters. The number of halogens is 1. The van der Waals surface area contributed by atoms with Gasteiger partial charge in [0.05, 0.1) is 16.2 Å². The third kappa shape index (κ3) is 5.01. The molecular weight excluding hydrogens is 406 g/mol. The average Bonchev–Trinajstić information content (AvgIpc) is 2.73. The van der Waals surface area contributed by atoms with E-state index >= 15 is 0 Å². The van der Waals surface area contributed by atoms with Gasteiger partial charge in [0.2, 0.25) is 0 Å².